The monoisotopic (exact) mass is 514 g/mol. The number of likely N-dealkylation sites (tertiary alicyclic amines) is 2. The number of anilines is 1. The molecule has 0 radical (unpaired) electrons. The van der Waals surface area contributed by atoms with Crippen molar-refractivity contribution in [3.05, 3.63) is 35.0 Å². The van der Waals surface area contributed by atoms with E-state index in [0.717, 1.165) is 44.2 Å². The number of amides is 1. The molecule has 0 bridgehead atoms. The van der Waals surface area contributed by atoms with E-state index in [2.05, 4.69) is 16.2 Å². The number of H-pyrrole nitrogens is 1. The van der Waals surface area contributed by atoms with Crippen molar-refractivity contribution in [3.8, 4) is 0 Å². The zero-order valence-corrected chi connectivity index (χ0v) is 21.0. The number of aromatic amines is 1. The van der Waals surface area contributed by atoms with E-state index in [4.69, 9.17) is 26.7 Å². The number of aliphatic imine (C=N–C) groups is 1. The highest BCUT2D eigenvalue weighted by Crippen LogP contribution is 2.29. The molecule has 3 heterocycles. The average Bonchev–Trinajstić information content (AvgIpc) is 3.52. The van der Waals surface area contributed by atoms with E-state index in [1.807, 2.05) is 11.0 Å². The van der Waals surface area contributed by atoms with Gasteiger partial charge >= 0.3 is 5.97 Å². The Balaban J connectivity index is 1.65. The summed E-state index contributed by atoms with van der Waals surface area (Å²) in [6.45, 7) is 2.18. The van der Waals surface area contributed by atoms with Crippen molar-refractivity contribution in [1.29, 1.82) is 5.41 Å². The Morgan fingerprint density at radius 3 is 2.75 bits per heavy atom. The lowest BCUT2D eigenvalue weighted by Crippen LogP contribution is -2.47. The molecule has 10 nitrogen and oxygen atoms in total. The number of carbonyl (C=O) groups is 2. The first-order valence-corrected chi connectivity index (χ1v) is 12.5. The molecule has 192 valence electrons. The van der Waals surface area contributed by atoms with Crippen LogP contribution in [-0.2, 0) is 14.3 Å². The minimum atomic E-state index is -1.03. The largest absolute Gasteiger partial charge is 0.465 e. The normalized spacial score (nSPS) is 21.2. The van der Waals surface area contributed by atoms with Crippen molar-refractivity contribution in [2.24, 2.45) is 4.99 Å². The Hall–Kier alpha value is -3.17. The van der Waals surface area contributed by atoms with E-state index in [9.17, 15) is 14.7 Å². The summed E-state index contributed by atoms with van der Waals surface area (Å²) in [6, 6.07) is 4.81. The highest BCUT2D eigenvalue weighted by molar-refractivity contribution is 6.36. The second kappa shape index (κ2) is 11.7. The van der Waals surface area contributed by atoms with Gasteiger partial charge in [0.05, 0.1) is 35.9 Å². The summed E-state index contributed by atoms with van der Waals surface area (Å²) < 4.78 is 4.85. The number of aliphatic hydroxyl groups is 1. The van der Waals surface area contributed by atoms with Crippen molar-refractivity contribution in [2.45, 2.75) is 44.4 Å². The number of ether oxygens (including phenoxy) is 1. The molecule has 2 fully saturated rings. The van der Waals surface area contributed by atoms with Gasteiger partial charge in [-0.2, -0.15) is 0 Å². The molecular formula is C25H31ClN6O4. The molecule has 2 saturated heterocycles. The van der Waals surface area contributed by atoms with Crippen LogP contribution in [-0.4, -0.2) is 89.0 Å². The van der Waals surface area contributed by atoms with Crippen LogP contribution in [0.15, 0.2) is 35.0 Å². The topological polar surface area (TPSA) is 134 Å². The quantitative estimate of drug-likeness (QED) is 0.203. The molecule has 2 aliphatic rings. The lowest BCUT2D eigenvalue weighted by atomic mass is 10.1. The van der Waals surface area contributed by atoms with E-state index in [1.54, 1.807) is 23.2 Å². The Kier molecular flexibility index (Phi) is 8.43. The number of nitrogens with one attached hydrogen (secondary N) is 3. The van der Waals surface area contributed by atoms with Crippen molar-refractivity contribution >= 4 is 51.8 Å². The molecule has 11 heteroatoms. The van der Waals surface area contributed by atoms with E-state index >= 15 is 0 Å². The van der Waals surface area contributed by atoms with E-state index in [1.165, 1.54) is 7.11 Å². The number of fused-ring (bicyclic) bond motifs is 1. The van der Waals surface area contributed by atoms with Crippen LogP contribution in [0.1, 0.15) is 32.1 Å². The molecule has 0 spiro atoms. The average molecular weight is 515 g/mol. The van der Waals surface area contributed by atoms with Gasteiger partial charge in [0, 0.05) is 31.2 Å². The first-order chi connectivity index (χ1) is 17.4. The fourth-order valence-corrected chi connectivity index (χ4v) is 4.94. The van der Waals surface area contributed by atoms with Gasteiger partial charge in [0.1, 0.15) is 12.1 Å². The second-order valence-electron chi connectivity index (χ2n) is 8.99. The van der Waals surface area contributed by atoms with Gasteiger partial charge in [0.25, 0.3) is 0 Å². The number of esters is 1. The zero-order valence-electron chi connectivity index (χ0n) is 20.2. The highest BCUT2D eigenvalue weighted by atomic mass is 35.5. The molecule has 36 heavy (non-hydrogen) atoms. The predicted molar refractivity (Wildman–Crippen MR) is 139 cm³/mol. The summed E-state index contributed by atoms with van der Waals surface area (Å²) in [6.07, 6.45) is 4.78. The van der Waals surface area contributed by atoms with Gasteiger partial charge in [-0.15, -0.1) is 0 Å². The summed E-state index contributed by atoms with van der Waals surface area (Å²) in [5.74, 6) is 1.40. The van der Waals surface area contributed by atoms with Crippen LogP contribution < -0.4 is 5.32 Å². The van der Waals surface area contributed by atoms with E-state index in [0.29, 0.717) is 29.2 Å². The molecule has 4 N–H and O–H groups in total. The number of para-hydroxylation sites is 1. The molecule has 1 aromatic carbocycles. The van der Waals surface area contributed by atoms with Gasteiger partial charge in [0.2, 0.25) is 5.91 Å². The molecule has 1 amide bonds. The number of benzene rings is 1. The smallest absolute Gasteiger partial charge is 0.351 e. The maximum absolute atomic E-state index is 12.8. The fourth-order valence-electron chi connectivity index (χ4n) is 4.72. The number of carbonyl (C=O) groups excluding carboxylic acids is 2. The summed E-state index contributed by atoms with van der Waals surface area (Å²) in [4.78, 5) is 36.6. The Morgan fingerprint density at radius 2 is 2.03 bits per heavy atom. The molecule has 1 aromatic heterocycles. The summed E-state index contributed by atoms with van der Waals surface area (Å²) in [7, 11) is 1.22. The van der Waals surface area contributed by atoms with Crippen molar-refractivity contribution < 1.29 is 19.4 Å². The van der Waals surface area contributed by atoms with Crippen LogP contribution in [0.25, 0.3) is 10.9 Å². The molecule has 0 aliphatic carbocycles. The highest BCUT2D eigenvalue weighted by Gasteiger charge is 2.32. The first kappa shape index (κ1) is 25.9. The summed E-state index contributed by atoms with van der Waals surface area (Å²) in [5.41, 5.74) is 1.07. The number of halogens is 1. The van der Waals surface area contributed by atoms with Crippen LogP contribution in [0.4, 0.5) is 5.69 Å². The fraction of sp³-hybridized carbons (Fsp3) is 0.480. The molecule has 0 saturated carbocycles. The van der Waals surface area contributed by atoms with Gasteiger partial charge in [-0.1, -0.05) is 23.7 Å². The SMILES string of the molecule is COC(=O)C(=C=N)C(=N[C@H]1CCCCN(CC(=O)N2CCCC2)C1O)Nc1cccc2c(Cl)c[nH]c12. The Bertz CT molecular complexity index is 1200. The minimum absolute atomic E-state index is 0.000494. The van der Waals surface area contributed by atoms with E-state index in [-0.39, 0.29) is 23.9 Å². The maximum Gasteiger partial charge on any atom is 0.351 e. The third kappa shape index (κ3) is 5.63. The third-order valence-electron chi connectivity index (χ3n) is 6.67. The first-order valence-electron chi connectivity index (χ1n) is 12.1. The molecule has 4 rings (SSSR count). The zero-order chi connectivity index (χ0) is 25.7. The van der Waals surface area contributed by atoms with Crippen molar-refractivity contribution in [2.75, 3.05) is 38.6 Å². The predicted octanol–water partition coefficient (Wildman–Crippen LogP) is 2.77. The van der Waals surface area contributed by atoms with E-state index < -0.39 is 18.2 Å². The molecule has 2 aromatic rings. The number of rotatable bonds is 6. The molecule has 2 atom stereocenters. The van der Waals surface area contributed by atoms with Gasteiger partial charge in [-0.05, 0) is 44.0 Å². The third-order valence-corrected chi connectivity index (χ3v) is 6.99. The Labute approximate surface area is 214 Å². The number of amidine groups is 1. The van der Waals surface area contributed by atoms with Gasteiger partial charge in [-0.25, -0.2) is 4.79 Å². The number of methoxy groups -OCH3 is 1. The second-order valence-corrected chi connectivity index (χ2v) is 9.40. The number of nitrogens with zero attached hydrogens (tertiary/aromatic N) is 3. The lowest BCUT2D eigenvalue weighted by molar-refractivity contribution is -0.135. The Morgan fingerprint density at radius 1 is 1.28 bits per heavy atom. The minimum Gasteiger partial charge on any atom is -0.465 e. The van der Waals surface area contributed by atoms with Gasteiger partial charge in [0.15, 0.2) is 5.57 Å². The lowest BCUT2D eigenvalue weighted by Gasteiger charge is -2.30. The standard InChI is InChI=1S/C25H31ClN6O4/c1-36-25(35)17(13-27)23(29-19-9-6-7-16-18(26)14-28-22(16)19)30-20-8-2-3-12-32(24(20)34)15-21(33)31-10-4-5-11-31/h6-7,9,14,20,24,27-28,34H,2-5,8,10-12,15H2,1H3,(H,29,30)/t20-,24?/m0/s1. The number of aromatic nitrogens is 1. The van der Waals surface area contributed by atoms with Crippen LogP contribution in [0, 0.1) is 5.41 Å². The van der Waals surface area contributed by atoms with Crippen LogP contribution >= 0.6 is 11.6 Å². The van der Waals surface area contributed by atoms with Crippen molar-refractivity contribution in [3.63, 3.8) is 0 Å². The van der Waals surface area contributed by atoms with Gasteiger partial charge in [-0.3, -0.25) is 20.1 Å². The van der Waals surface area contributed by atoms with Crippen molar-refractivity contribution in [1.82, 2.24) is 14.8 Å². The summed E-state index contributed by atoms with van der Waals surface area (Å²) >= 11 is 6.26. The summed E-state index contributed by atoms with van der Waals surface area (Å²) in [5, 5.41) is 23.4. The van der Waals surface area contributed by atoms with Crippen LogP contribution in [0.2, 0.25) is 5.02 Å². The van der Waals surface area contributed by atoms with Gasteiger partial charge < -0.3 is 25.0 Å². The molecular weight excluding hydrogens is 484 g/mol. The maximum atomic E-state index is 12.8. The number of aliphatic hydroxyl groups excluding tert-OH is 1. The molecule has 1 unspecified atom stereocenters. The number of hydrogen-bond donors (Lipinski definition) is 4. The van der Waals surface area contributed by atoms with Crippen LogP contribution in [0.3, 0.4) is 0 Å². The number of hydrogen-bond acceptors (Lipinski definition) is 7. The molecule has 2 aliphatic heterocycles. The van der Waals surface area contributed by atoms with Crippen LogP contribution in [0.5, 0.6) is 0 Å².